The maximum Gasteiger partial charge on any atom is 0.268 e. The number of amides is 1. The molecule has 0 aliphatic carbocycles. The first-order valence-electron chi connectivity index (χ1n) is 6.05. The molecular weight excluding hydrogens is 218 g/mol. The van der Waals surface area contributed by atoms with E-state index in [-0.39, 0.29) is 11.9 Å². The summed E-state index contributed by atoms with van der Waals surface area (Å²) in [7, 11) is 0. The lowest BCUT2D eigenvalue weighted by molar-refractivity contribution is 0.0620. The van der Waals surface area contributed by atoms with Crippen LogP contribution in [0, 0.1) is 0 Å². The summed E-state index contributed by atoms with van der Waals surface area (Å²) in [6.45, 7) is 4.12. The van der Waals surface area contributed by atoms with Crippen molar-refractivity contribution in [3.05, 3.63) is 18.0 Å². The fourth-order valence-electron chi connectivity index (χ4n) is 2.10. The highest BCUT2D eigenvalue weighted by Crippen LogP contribution is 2.12. The van der Waals surface area contributed by atoms with Gasteiger partial charge in [0.05, 0.1) is 18.3 Å². The van der Waals surface area contributed by atoms with E-state index in [2.05, 4.69) is 5.32 Å². The molecule has 1 unspecified atom stereocenters. The molecule has 2 rings (SSSR count). The molecule has 1 saturated heterocycles. The molecule has 1 aliphatic heterocycles. The van der Waals surface area contributed by atoms with E-state index in [9.17, 15) is 4.79 Å². The number of hydrogen-bond acceptors (Lipinski definition) is 3. The van der Waals surface area contributed by atoms with Gasteiger partial charge >= 0.3 is 0 Å². The Morgan fingerprint density at radius 1 is 1.71 bits per heavy atom. The zero-order chi connectivity index (χ0) is 12.3. The van der Waals surface area contributed by atoms with Crippen LogP contribution in [0.25, 0.3) is 0 Å². The van der Waals surface area contributed by atoms with Crippen molar-refractivity contribution >= 4 is 11.6 Å². The number of anilines is 1. The van der Waals surface area contributed by atoms with Crippen LogP contribution in [0.1, 0.15) is 30.3 Å². The highest BCUT2D eigenvalue weighted by atomic mass is 16.5. The third-order valence-corrected chi connectivity index (χ3v) is 2.99. The summed E-state index contributed by atoms with van der Waals surface area (Å²) >= 11 is 0. The quantitative estimate of drug-likeness (QED) is 0.824. The fourth-order valence-corrected chi connectivity index (χ4v) is 2.10. The highest BCUT2D eigenvalue weighted by molar-refractivity contribution is 5.94. The maximum absolute atomic E-state index is 12.1. The molecule has 0 saturated carbocycles. The second-order valence-electron chi connectivity index (χ2n) is 4.33. The average molecular weight is 237 g/mol. The Hall–Kier alpha value is -1.49. The van der Waals surface area contributed by atoms with Gasteiger partial charge in [-0.05, 0) is 25.8 Å². The predicted molar refractivity (Wildman–Crippen MR) is 65.8 cm³/mol. The molecule has 0 bridgehead atoms. The van der Waals surface area contributed by atoms with Crippen LogP contribution in [0.2, 0.25) is 0 Å². The molecule has 1 aromatic rings. The topological polar surface area (TPSA) is 69.3 Å². The lowest BCUT2D eigenvalue weighted by Crippen LogP contribution is -2.41. The molecule has 5 nitrogen and oxygen atoms in total. The van der Waals surface area contributed by atoms with Gasteiger partial charge < -0.3 is 20.4 Å². The zero-order valence-corrected chi connectivity index (χ0v) is 10.1. The van der Waals surface area contributed by atoms with Crippen molar-refractivity contribution in [1.82, 2.24) is 9.88 Å². The zero-order valence-electron chi connectivity index (χ0n) is 10.1. The molecule has 94 valence electrons. The van der Waals surface area contributed by atoms with Crippen LogP contribution >= 0.6 is 0 Å². The molecule has 0 spiro atoms. The summed E-state index contributed by atoms with van der Waals surface area (Å²) in [6, 6.07) is 1.83. The number of carbonyl (C=O) groups is 1. The number of nitrogens with one attached hydrogen (secondary N) is 1. The SMILES string of the molecule is CCn1cc(N)cc1C(=O)NC1CCCOC1. The number of aromatic nitrogens is 1. The lowest BCUT2D eigenvalue weighted by atomic mass is 10.1. The summed E-state index contributed by atoms with van der Waals surface area (Å²) < 4.78 is 7.19. The van der Waals surface area contributed by atoms with Gasteiger partial charge in [-0.15, -0.1) is 0 Å². The van der Waals surface area contributed by atoms with E-state index in [1.54, 1.807) is 12.3 Å². The van der Waals surface area contributed by atoms with Crippen molar-refractivity contribution in [3.8, 4) is 0 Å². The van der Waals surface area contributed by atoms with Crippen molar-refractivity contribution in [2.75, 3.05) is 18.9 Å². The largest absolute Gasteiger partial charge is 0.397 e. The van der Waals surface area contributed by atoms with Crippen LogP contribution in [-0.2, 0) is 11.3 Å². The maximum atomic E-state index is 12.1. The van der Waals surface area contributed by atoms with Gasteiger partial charge in [0.2, 0.25) is 0 Å². The van der Waals surface area contributed by atoms with Crippen LogP contribution in [-0.4, -0.2) is 29.7 Å². The molecule has 1 amide bonds. The van der Waals surface area contributed by atoms with Gasteiger partial charge in [-0.25, -0.2) is 0 Å². The molecule has 1 aromatic heterocycles. The van der Waals surface area contributed by atoms with E-state index in [1.807, 2.05) is 11.5 Å². The van der Waals surface area contributed by atoms with E-state index < -0.39 is 0 Å². The normalized spacial score (nSPS) is 20.2. The van der Waals surface area contributed by atoms with E-state index in [0.29, 0.717) is 18.0 Å². The number of nitrogens with two attached hydrogens (primary N) is 1. The molecule has 2 heterocycles. The van der Waals surface area contributed by atoms with E-state index in [4.69, 9.17) is 10.5 Å². The summed E-state index contributed by atoms with van der Waals surface area (Å²) in [4.78, 5) is 12.1. The molecule has 1 aliphatic rings. The Kier molecular flexibility index (Phi) is 3.68. The average Bonchev–Trinajstić information content (AvgIpc) is 2.72. The van der Waals surface area contributed by atoms with E-state index in [0.717, 1.165) is 26.0 Å². The molecule has 3 N–H and O–H groups in total. The number of rotatable bonds is 3. The third kappa shape index (κ3) is 2.79. The van der Waals surface area contributed by atoms with Gasteiger partial charge in [0, 0.05) is 19.3 Å². The first kappa shape index (κ1) is 12.0. The predicted octanol–water partition coefficient (Wildman–Crippen LogP) is 0.999. The molecule has 0 radical (unpaired) electrons. The standard InChI is InChI=1S/C12H19N3O2/c1-2-15-7-9(13)6-11(15)12(16)14-10-4-3-5-17-8-10/h6-7,10H,2-5,8,13H2,1H3,(H,14,16). The first-order valence-corrected chi connectivity index (χ1v) is 6.05. The minimum atomic E-state index is -0.0703. The number of ether oxygens (including phenoxy) is 1. The minimum absolute atomic E-state index is 0.0703. The molecule has 1 fully saturated rings. The van der Waals surface area contributed by atoms with Gasteiger partial charge in [0.1, 0.15) is 5.69 Å². The van der Waals surface area contributed by atoms with Crippen molar-refractivity contribution in [2.24, 2.45) is 0 Å². The first-order chi connectivity index (χ1) is 8.20. The summed E-state index contributed by atoms with van der Waals surface area (Å²) in [6.07, 6.45) is 3.77. The van der Waals surface area contributed by atoms with Crippen LogP contribution in [0.3, 0.4) is 0 Å². The molecule has 17 heavy (non-hydrogen) atoms. The van der Waals surface area contributed by atoms with Gasteiger partial charge in [0.15, 0.2) is 0 Å². The van der Waals surface area contributed by atoms with Crippen molar-refractivity contribution < 1.29 is 9.53 Å². The Morgan fingerprint density at radius 2 is 2.53 bits per heavy atom. The lowest BCUT2D eigenvalue weighted by Gasteiger charge is -2.23. The summed E-state index contributed by atoms with van der Waals surface area (Å²) in [5.74, 6) is -0.0703. The molecule has 1 atom stereocenters. The second-order valence-corrected chi connectivity index (χ2v) is 4.33. The van der Waals surface area contributed by atoms with Gasteiger partial charge in [-0.3, -0.25) is 4.79 Å². The van der Waals surface area contributed by atoms with Crippen molar-refractivity contribution in [3.63, 3.8) is 0 Å². The third-order valence-electron chi connectivity index (χ3n) is 2.99. The van der Waals surface area contributed by atoms with Crippen LogP contribution < -0.4 is 11.1 Å². The van der Waals surface area contributed by atoms with Crippen molar-refractivity contribution in [1.29, 1.82) is 0 Å². The van der Waals surface area contributed by atoms with E-state index in [1.165, 1.54) is 0 Å². The minimum Gasteiger partial charge on any atom is -0.397 e. The number of nitrogen functional groups attached to an aromatic ring is 1. The highest BCUT2D eigenvalue weighted by Gasteiger charge is 2.19. The number of aryl methyl sites for hydroxylation is 1. The smallest absolute Gasteiger partial charge is 0.268 e. The Bertz CT molecular complexity index is 394. The van der Waals surface area contributed by atoms with Crippen molar-refractivity contribution in [2.45, 2.75) is 32.4 Å². The molecular formula is C12H19N3O2. The van der Waals surface area contributed by atoms with Crippen LogP contribution in [0.15, 0.2) is 12.3 Å². The van der Waals surface area contributed by atoms with Gasteiger partial charge in [0.25, 0.3) is 5.91 Å². The molecule has 5 heteroatoms. The monoisotopic (exact) mass is 237 g/mol. The van der Waals surface area contributed by atoms with E-state index >= 15 is 0 Å². The Morgan fingerprint density at radius 3 is 3.18 bits per heavy atom. The summed E-state index contributed by atoms with van der Waals surface area (Å²) in [5.41, 5.74) is 6.94. The second kappa shape index (κ2) is 5.23. The fraction of sp³-hybridized carbons (Fsp3) is 0.583. The Balaban J connectivity index is 2.02. The van der Waals surface area contributed by atoms with Crippen LogP contribution in [0.5, 0.6) is 0 Å². The molecule has 0 aromatic carbocycles. The summed E-state index contributed by atoms with van der Waals surface area (Å²) in [5, 5.41) is 2.98. The van der Waals surface area contributed by atoms with Gasteiger partial charge in [-0.1, -0.05) is 0 Å². The van der Waals surface area contributed by atoms with Crippen LogP contribution in [0.4, 0.5) is 5.69 Å². The Labute approximate surface area is 101 Å². The number of nitrogens with zero attached hydrogens (tertiary/aromatic N) is 1. The number of hydrogen-bond donors (Lipinski definition) is 2. The van der Waals surface area contributed by atoms with Gasteiger partial charge in [-0.2, -0.15) is 0 Å². The number of carbonyl (C=O) groups excluding carboxylic acids is 1.